The van der Waals surface area contributed by atoms with Crippen LogP contribution in [0.5, 0.6) is 0 Å². The SMILES string of the molecule is C=C/C=C(\C=C)CCCCCOC(=O)N[C@@H]1C(=O)O[C@@H]1C. The van der Waals surface area contributed by atoms with E-state index in [0.717, 1.165) is 31.3 Å². The van der Waals surface area contributed by atoms with Gasteiger partial charge in [0.05, 0.1) is 6.61 Å². The average molecular weight is 293 g/mol. The van der Waals surface area contributed by atoms with Crippen LogP contribution < -0.4 is 5.32 Å². The summed E-state index contributed by atoms with van der Waals surface area (Å²) in [4.78, 5) is 22.5. The van der Waals surface area contributed by atoms with E-state index < -0.39 is 18.1 Å². The summed E-state index contributed by atoms with van der Waals surface area (Å²) in [6, 6.07) is -0.573. The lowest BCUT2D eigenvalue weighted by Crippen LogP contribution is -2.58. The number of cyclic esters (lactones) is 1. The molecule has 0 bridgehead atoms. The molecule has 1 heterocycles. The summed E-state index contributed by atoms with van der Waals surface area (Å²) in [5, 5.41) is 2.48. The van der Waals surface area contributed by atoms with E-state index in [1.54, 1.807) is 13.0 Å². The van der Waals surface area contributed by atoms with Gasteiger partial charge in [0, 0.05) is 0 Å². The summed E-state index contributed by atoms with van der Waals surface area (Å²) in [5.41, 5.74) is 1.15. The second kappa shape index (κ2) is 9.00. The van der Waals surface area contributed by atoms with Gasteiger partial charge in [0.1, 0.15) is 6.10 Å². The number of esters is 1. The maximum Gasteiger partial charge on any atom is 0.407 e. The minimum Gasteiger partial charge on any atom is -0.458 e. The van der Waals surface area contributed by atoms with Gasteiger partial charge < -0.3 is 14.8 Å². The number of ether oxygens (including phenoxy) is 2. The third-order valence-corrected chi connectivity index (χ3v) is 3.24. The van der Waals surface area contributed by atoms with E-state index in [1.807, 2.05) is 12.2 Å². The molecule has 0 aromatic heterocycles. The van der Waals surface area contributed by atoms with Crippen molar-refractivity contribution in [2.75, 3.05) is 6.61 Å². The van der Waals surface area contributed by atoms with Crippen molar-refractivity contribution < 1.29 is 19.1 Å². The quantitative estimate of drug-likeness (QED) is 0.403. The maximum atomic E-state index is 11.4. The standard InChI is InChI=1S/C16H23NO4/c1-4-9-13(5-2)10-7-6-8-11-20-16(19)17-14-12(3)21-15(14)18/h4-5,9,12,14H,1-2,6-8,10-11H2,3H3,(H,17,19)/b13-9+/t12-,14+/m1/s1. The topological polar surface area (TPSA) is 64.6 Å². The summed E-state index contributed by atoms with van der Waals surface area (Å²) in [6.07, 6.45) is 8.35. The predicted octanol–water partition coefficient (Wildman–Crippen LogP) is 2.89. The van der Waals surface area contributed by atoms with Crippen molar-refractivity contribution in [1.29, 1.82) is 0 Å². The molecule has 2 atom stereocenters. The first-order valence-corrected chi connectivity index (χ1v) is 7.16. The van der Waals surface area contributed by atoms with E-state index in [9.17, 15) is 9.59 Å². The van der Waals surface area contributed by atoms with Crippen LogP contribution in [0.15, 0.2) is 37.0 Å². The van der Waals surface area contributed by atoms with Crippen molar-refractivity contribution in [2.24, 2.45) is 0 Å². The molecule has 21 heavy (non-hydrogen) atoms. The molecular weight excluding hydrogens is 270 g/mol. The molecular formula is C16H23NO4. The monoisotopic (exact) mass is 293 g/mol. The van der Waals surface area contributed by atoms with Crippen LogP contribution in [0.2, 0.25) is 0 Å². The lowest BCUT2D eigenvalue weighted by Gasteiger charge is -2.32. The van der Waals surface area contributed by atoms with Crippen LogP contribution in [0.4, 0.5) is 4.79 Å². The number of rotatable bonds is 9. The Balaban J connectivity index is 2.05. The summed E-state index contributed by atoms with van der Waals surface area (Å²) < 4.78 is 9.75. The van der Waals surface area contributed by atoms with Gasteiger partial charge >= 0.3 is 12.1 Å². The molecule has 1 saturated heterocycles. The summed E-state index contributed by atoms with van der Waals surface area (Å²) >= 11 is 0. The van der Waals surface area contributed by atoms with Gasteiger partial charge in [-0.2, -0.15) is 0 Å². The first-order chi connectivity index (χ1) is 10.1. The molecule has 0 aromatic rings. The van der Waals surface area contributed by atoms with Crippen LogP contribution in [-0.2, 0) is 14.3 Å². The van der Waals surface area contributed by atoms with E-state index in [-0.39, 0.29) is 6.10 Å². The minimum absolute atomic E-state index is 0.279. The fraction of sp³-hybridized carbons (Fsp3) is 0.500. The van der Waals surface area contributed by atoms with Gasteiger partial charge in [-0.05, 0) is 38.2 Å². The number of carbonyl (C=O) groups excluding carboxylic acids is 2. The van der Waals surface area contributed by atoms with Gasteiger partial charge in [0.25, 0.3) is 0 Å². The van der Waals surface area contributed by atoms with Gasteiger partial charge in [-0.25, -0.2) is 9.59 Å². The number of nitrogens with one attached hydrogen (secondary N) is 1. The third kappa shape index (κ3) is 5.85. The highest BCUT2D eigenvalue weighted by Gasteiger charge is 2.40. The molecule has 0 aliphatic carbocycles. The average Bonchev–Trinajstić information content (AvgIpc) is 2.47. The van der Waals surface area contributed by atoms with Crippen molar-refractivity contribution in [3.05, 3.63) is 37.0 Å². The molecule has 0 radical (unpaired) electrons. The van der Waals surface area contributed by atoms with Gasteiger partial charge in [-0.15, -0.1) is 0 Å². The molecule has 0 spiro atoms. The molecule has 5 heteroatoms. The molecule has 1 fully saturated rings. The number of alkyl carbamates (subject to hydrolysis) is 1. The zero-order valence-electron chi connectivity index (χ0n) is 12.5. The highest BCUT2D eigenvalue weighted by molar-refractivity contribution is 5.86. The van der Waals surface area contributed by atoms with Crippen LogP contribution in [0.3, 0.4) is 0 Å². The Hall–Kier alpha value is -2.04. The lowest BCUT2D eigenvalue weighted by atomic mass is 10.1. The van der Waals surface area contributed by atoms with E-state index in [4.69, 9.17) is 9.47 Å². The summed E-state index contributed by atoms with van der Waals surface area (Å²) in [7, 11) is 0. The molecule has 1 aliphatic heterocycles. The van der Waals surface area contributed by atoms with Crippen LogP contribution >= 0.6 is 0 Å². The van der Waals surface area contributed by atoms with Crippen LogP contribution in [0, 0.1) is 0 Å². The zero-order chi connectivity index (χ0) is 15.7. The first-order valence-electron chi connectivity index (χ1n) is 7.16. The smallest absolute Gasteiger partial charge is 0.407 e. The van der Waals surface area contributed by atoms with Gasteiger partial charge in [-0.1, -0.05) is 31.4 Å². The maximum absolute atomic E-state index is 11.4. The van der Waals surface area contributed by atoms with Crippen molar-refractivity contribution in [3.63, 3.8) is 0 Å². The Bertz CT molecular complexity index is 428. The molecule has 116 valence electrons. The third-order valence-electron chi connectivity index (χ3n) is 3.24. The van der Waals surface area contributed by atoms with E-state index in [0.29, 0.717) is 6.61 Å². The Morgan fingerprint density at radius 3 is 2.71 bits per heavy atom. The Morgan fingerprint density at radius 2 is 2.14 bits per heavy atom. The number of carbonyl (C=O) groups is 2. The van der Waals surface area contributed by atoms with Crippen molar-refractivity contribution in [3.8, 4) is 0 Å². The fourth-order valence-corrected chi connectivity index (χ4v) is 1.97. The molecule has 0 saturated carbocycles. The molecule has 1 aliphatic rings. The van der Waals surface area contributed by atoms with E-state index >= 15 is 0 Å². The molecule has 1 rings (SSSR count). The van der Waals surface area contributed by atoms with Crippen LogP contribution in [0.1, 0.15) is 32.6 Å². The van der Waals surface area contributed by atoms with E-state index in [1.165, 1.54) is 0 Å². The lowest BCUT2D eigenvalue weighted by molar-refractivity contribution is -0.174. The summed E-state index contributed by atoms with van der Waals surface area (Å²) in [5.74, 6) is -0.412. The Kier molecular flexibility index (Phi) is 7.29. The Labute approximate surface area is 125 Å². The van der Waals surface area contributed by atoms with Gasteiger partial charge in [0.15, 0.2) is 6.04 Å². The zero-order valence-corrected chi connectivity index (χ0v) is 12.5. The number of unbranched alkanes of at least 4 members (excludes halogenated alkanes) is 2. The number of amides is 1. The normalized spacial score (nSPS) is 21.0. The number of hydrogen-bond donors (Lipinski definition) is 1. The van der Waals surface area contributed by atoms with Crippen molar-refractivity contribution in [1.82, 2.24) is 5.32 Å². The minimum atomic E-state index is -0.573. The highest BCUT2D eigenvalue weighted by Crippen LogP contribution is 2.13. The molecule has 5 nitrogen and oxygen atoms in total. The Morgan fingerprint density at radius 1 is 1.38 bits per heavy atom. The molecule has 0 aromatic carbocycles. The highest BCUT2D eigenvalue weighted by atomic mass is 16.6. The second-order valence-electron chi connectivity index (χ2n) is 4.89. The molecule has 1 N–H and O–H groups in total. The second-order valence-corrected chi connectivity index (χ2v) is 4.89. The van der Waals surface area contributed by atoms with Crippen molar-refractivity contribution >= 4 is 12.1 Å². The summed E-state index contributed by atoms with van der Waals surface area (Å²) in [6.45, 7) is 9.46. The van der Waals surface area contributed by atoms with E-state index in [2.05, 4.69) is 18.5 Å². The number of allylic oxidation sites excluding steroid dienone is 4. The predicted molar refractivity (Wildman–Crippen MR) is 80.8 cm³/mol. The molecule has 1 amide bonds. The fourth-order valence-electron chi connectivity index (χ4n) is 1.97. The first kappa shape index (κ1) is 17.0. The van der Waals surface area contributed by atoms with Crippen molar-refractivity contribution in [2.45, 2.75) is 44.8 Å². The van der Waals surface area contributed by atoms with Crippen LogP contribution in [0.25, 0.3) is 0 Å². The number of hydrogen-bond acceptors (Lipinski definition) is 4. The van der Waals surface area contributed by atoms with Crippen LogP contribution in [-0.4, -0.2) is 30.8 Å². The van der Waals surface area contributed by atoms with Gasteiger partial charge in [0.2, 0.25) is 0 Å². The largest absolute Gasteiger partial charge is 0.458 e. The van der Waals surface area contributed by atoms with Gasteiger partial charge in [-0.3, -0.25) is 0 Å². The molecule has 0 unspecified atom stereocenters.